The first-order valence-electron chi connectivity index (χ1n) is 6.24. The number of nitrogens with zero attached hydrogens (tertiary/aromatic N) is 2. The molecule has 112 valence electrons. The SMILES string of the molecule is COc1ccc(CNc2nnc(S[C@@H](C)C(N)=O)s2)cc1. The third kappa shape index (κ3) is 4.61. The topological polar surface area (TPSA) is 90.1 Å². The fourth-order valence-electron chi connectivity index (χ4n) is 1.46. The molecule has 0 spiro atoms. The molecular formula is C13H16N4O2S2. The maximum absolute atomic E-state index is 11.0. The average Bonchev–Trinajstić information content (AvgIpc) is 2.93. The van der Waals surface area contributed by atoms with E-state index in [2.05, 4.69) is 15.5 Å². The minimum Gasteiger partial charge on any atom is -0.497 e. The van der Waals surface area contributed by atoms with Crippen molar-refractivity contribution >= 4 is 34.1 Å². The first kappa shape index (κ1) is 15.6. The second-order valence-electron chi connectivity index (χ2n) is 4.24. The number of carbonyl (C=O) groups excluding carboxylic acids is 1. The molecule has 0 unspecified atom stereocenters. The molecule has 0 saturated carbocycles. The molecule has 1 amide bonds. The predicted molar refractivity (Wildman–Crippen MR) is 84.7 cm³/mol. The molecular weight excluding hydrogens is 308 g/mol. The Morgan fingerprint density at radius 1 is 1.43 bits per heavy atom. The number of methoxy groups -OCH3 is 1. The summed E-state index contributed by atoms with van der Waals surface area (Å²) in [5.41, 5.74) is 6.34. The van der Waals surface area contributed by atoms with Crippen molar-refractivity contribution in [1.82, 2.24) is 10.2 Å². The summed E-state index contributed by atoms with van der Waals surface area (Å²) in [4.78, 5) is 11.0. The van der Waals surface area contributed by atoms with Crippen molar-refractivity contribution in [2.45, 2.75) is 23.1 Å². The van der Waals surface area contributed by atoms with E-state index in [1.165, 1.54) is 23.1 Å². The second kappa shape index (κ2) is 7.28. The summed E-state index contributed by atoms with van der Waals surface area (Å²) in [6, 6.07) is 7.79. The Morgan fingerprint density at radius 3 is 2.76 bits per heavy atom. The molecule has 0 saturated heterocycles. The molecule has 1 heterocycles. The molecule has 1 aromatic carbocycles. The van der Waals surface area contributed by atoms with Gasteiger partial charge in [0.15, 0.2) is 4.34 Å². The molecule has 1 atom stereocenters. The van der Waals surface area contributed by atoms with E-state index < -0.39 is 0 Å². The van der Waals surface area contributed by atoms with Gasteiger partial charge in [-0.15, -0.1) is 10.2 Å². The molecule has 6 nitrogen and oxygen atoms in total. The van der Waals surface area contributed by atoms with Crippen LogP contribution in [0, 0.1) is 0 Å². The quantitative estimate of drug-likeness (QED) is 0.758. The fourth-order valence-corrected chi connectivity index (χ4v) is 3.30. The van der Waals surface area contributed by atoms with E-state index in [1.54, 1.807) is 14.0 Å². The number of thioether (sulfide) groups is 1. The number of anilines is 1. The normalized spacial score (nSPS) is 11.9. The monoisotopic (exact) mass is 324 g/mol. The van der Waals surface area contributed by atoms with E-state index in [-0.39, 0.29) is 11.2 Å². The highest BCUT2D eigenvalue weighted by Crippen LogP contribution is 2.28. The van der Waals surface area contributed by atoms with E-state index >= 15 is 0 Å². The van der Waals surface area contributed by atoms with Crippen LogP contribution < -0.4 is 15.8 Å². The summed E-state index contributed by atoms with van der Waals surface area (Å²) < 4.78 is 5.83. The van der Waals surface area contributed by atoms with Gasteiger partial charge in [-0.25, -0.2) is 0 Å². The van der Waals surface area contributed by atoms with Crippen LogP contribution in [0.25, 0.3) is 0 Å². The molecule has 0 aliphatic rings. The number of hydrogen-bond acceptors (Lipinski definition) is 7. The largest absolute Gasteiger partial charge is 0.497 e. The fraction of sp³-hybridized carbons (Fsp3) is 0.308. The van der Waals surface area contributed by atoms with Crippen molar-refractivity contribution in [3.05, 3.63) is 29.8 Å². The first-order valence-corrected chi connectivity index (χ1v) is 7.94. The van der Waals surface area contributed by atoms with E-state index in [4.69, 9.17) is 10.5 Å². The van der Waals surface area contributed by atoms with Gasteiger partial charge in [0.25, 0.3) is 0 Å². The predicted octanol–water partition coefficient (Wildman–Crippen LogP) is 2.12. The van der Waals surface area contributed by atoms with Crippen LogP contribution in [0.5, 0.6) is 5.75 Å². The van der Waals surface area contributed by atoms with Crippen molar-refractivity contribution in [2.24, 2.45) is 5.73 Å². The summed E-state index contributed by atoms with van der Waals surface area (Å²) in [6.45, 7) is 2.40. The highest BCUT2D eigenvalue weighted by molar-refractivity contribution is 8.02. The van der Waals surface area contributed by atoms with Gasteiger partial charge in [-0.05, 0) is 24.6 Å². The zero-order chi connectivity index (χ0) is 15.2. The Bertz CT molecular complexity index is 600. The van der Waals surface area contributed by atoms with Gasteiger partial charge in [0.1, 0.15) is 5.75 Å². The molecule has 2 aromatic rings. The lowest BCUT2D eigenvalue weighted by atomic mass is 10.2. The summed E-state index contributed by atoms with van der Waals surface area (Å²) in [7, 11) is 1.64. The smallest absolute Gasteiger partial charge is 0.230 e. The standard InChI is InChI=1S/C13H16N4O2S2/c1-8(11(14)18)20-13-17-16-12(21-13)15-7-9-3-5-10(19-2)6-4-9/h3-6,8H,7H2,1-2H3,(H2,14,18)(H,15,16)/t8-/m0/s1. The third-order valence-electron chi connectivity index (χ3n) is 2.69. The Labute approximate surface area is 131 Å². The average molecular weight is 324 g/mol. The zero-order valence-corrected chi connectivity index (χ0v) is 13.3. The highest BCUT2D eigenvalue weighted by Gasteiger charge is 2.14. The van der Waals surface area contributed by atoms with Crippen LogP contribution in [0.1, 0.15) is 12.5 Å². The number of nitrogens with two attached hydrogens (primary N) is 1. The Morgan fingerprint density at radius 2 is 2.14 bits per heavy atom. The van der Waals surface area contributed by atoms with E-state index in [0.717, 1.165) is 15.7 Å². The van der Waals surface area contributed by atoms with Crippen molar-refractivity contribution in [3.63, 3.8) is 0 Å². The summed E-state index contributed by atoms with van der Waals surface area (Å²) in [5.74, 6) is 0.469. The molecule has 8 heteroatoms. The third-order valence-corrected chi connectivity index (χ3v) is 4.77. The maximum Gasteiger partial charge on any atom is 0.230 e. The van der Waals surface area contributed by atoms with Gasteiger partial charge in [-0.3, -0.25) is 4.79 Å². The lowest BCUT2D eigenvalue weighted by molar-refractivity contribution is -0.117. The van der Waals surface area contributed by atoms with Gasteiger partial charge in [-0.2, -0.15) is 0 Å². The number of carbonyl (C=O) groups is 1. The maximum atomic E-state index is 11.0. The minimum atomic E-state index is -0.358. The number of primary amides is 1. The van der Waals surface area contributed by atoms with Gasteiger partial charge in [-0.1, -0.05) is 35.2 Å². The highest BCUT2D eigenvalue weighted by atomic mass is 32.2. The zero-order valence-electron chi connectivity index (χ0n) is 11.7. The van der Waals surface area contributed by atoms with Crippen LogP contribution in [0.3, 0.4) is 0 Å². The van der Waals surface area contributed by atoms with Crippen LogP contribution in [-0.2, 0) is 11.3 Å². The summed E-state index contributed by atoms with van der Waals surface area (Å²) in [6.07, 6.45) is 0. The van der Waals surface area contributed by atoms with Crippen LogP contribution in [-0.4, -0.2) is 28.5 Å². The number of nitrogens with one attached hydrogen (secondary N) is 1. The minimum absolute atomic E-state index is 0.313. The van der Waals surface area contributed by atoms with E-state index in [0.29, 0.717) is 11.7 Å². The van der Waals surface area contributed by atoms with Gasteiger partial charge < -0.3 is 15.8 Å². The molecule has 21 heavy (non-hydrogen) atoms. The molecule has 0 aliphatic carbocycles. The number of ether oxygens (including phenoxy) is 1. The van der Waals surface area contributed by atoms with Gasteiger partial charge in [0.05, 0.1) is 12.4 Å². The molecule has 0 fully saturated rings. The summed E-state index contributed by atoms with van der Waals surface area (Å²) >= 11 is 2.72. The van der Waals surface area contributed by atoms with Crippen LogP contribution >= 0.6 is 23.1 Å². The van der Waals surface area contributed by atoms with Gasteiger partial charge in [0.2, 0.25) is 11.0 Å². The molecule has 3 N–H and O–H groups in total. The molecule has 0 bridgehead atoms. The number of aromatic nitrogens is 2. The molecule has 1 aromatic heterocycles. The number of rotatable bonds is 7. The lowest BCUT2D eigenvalue weighted by Crippen LogP contribution is -2.22. The van der Waals surface area contributed by atoms with E-state index in [9.17, 15) is 4.79 Å². The molecule has 2 rings (SSSR count). The van der Waals surface area contributed by atoms with Crippen molar-refractivity contribution in [2.75, 3.05) is 12.4 Å². The number of amides is 1. The van der Waals surface area contributed by atoms with Crippen molar-refractivity contribution in [1.29, 1.82) is 0 Å². The number of benzene rings is 1. The molecule has 0 aliphatic heterocycles. The van der Waals surface area contributed by atoms with E-state index in [1.807, 2.05) is 24.3 Å². The Hall–Kier alpha value is -1.80. The first-order chi connectivity index (χ1) is 10.1. The van der Waals surface area contributed by atoms with Crippen molar-refractivity contribution in [3.8, 4) is 5.75 Å². The Kier molecular flexibility index (Phi) is 5.40. The lowest BCUT2D eigenvalue weighted by Gasteiger charge is -2.04. The van der Waals surface area contributed by atoms with Gasteiger partial charge in [0, 0.05) is 6.54 Å². The van der Waals surface area contributed by atoms with Gasteiger partial charge >= 0.3 is 0 Å². The number of hydrogen-bond donors (Lipinski definition) is 2. The second-order valence-corrected chi connectivity index (χ2v) is 6.80. The summed E-state index contributed by atoms with van der Waals surface area (Å²) in [5, 5.41) is 11.7. The molecule has 0 radical (unpaired) electrons. The Balaban J connectivity index is 1.88. The van der Waals surface area contributed by atoms with Crippen LogP contribution in [0.4, 0.5) is 5.13 Å². The van der Waals surface area contributed by atoms with Crippen LogP contribution in [0.15, 0.2) is 28.6 Å². The van der Waals surface area contributed by atoms with Crippen LogP contribution in [0.2, 0.25) is 0 Å². The van der Waals surface area contributed by atoms with Crippen molar-refractivity contribution < 1.29 is 9.53 Å².